The third-order valence-corrected chi connectivity index (χ3v) is 4.74. The van der Waals surface area contributed by atoms with Crippen molar-refractivity contribution in [3.8, 4) is 0 Å². The van der Waals surface area contributed by atoms with E-state index >= 15 is 0 Å². The standard InChI is InChI=1S/C22H23N3O/c1-2-11-22-19(6-1)7-3-8-20(22)18-24-13-15-25(16-14-24)23-12-4-9-21-10-5-17-26-21/h1-12,17H,13-16,18H2/b9-4-,23-12-. The Morgan fingerprint density at radius 3 is 2.62 bits per heavy atom. The molecule has 4 heteroatoms. The lowest BCUT2D eigenvalue weighted by Gasteiger charge is -2.33. The van der Waals surface area contributed by atoms with Crippen LogP contribution in [0.5, 0.6) is 0 Å². The van der Waals surface area contributed by atoms with Gasteiger partial charge in [-0.15, -0.1) is 0 Å². The van der Waals surface area contributed by atoms with Crippen LogP contribution in [0.2, 0.25) is 0 Å². The molecule has 4 rings (SSSR count). The molecule has 26 heavy (non-hydrogen) atoms. The molecule has 1 fully saturated rings. The quantitative estimate of drug-likeness (QED) is 0.648. The van der Waals surface area contributed by atoms with Crippen molar-refractivity contribution in [2.45, 2.75) is 6.54 Å². The predicted molar refractivity (Wildman–Crippen MR) is 107 cm³/mol. The molecule has 0 aliphatic carbocycles. The minimum absolute atomic E-state index is 0.844. The minimum Gasteiger partial charge on any atom is -0.465 e. The number of piperazine rings is 1. The summed E-state index contributed by atoms with van der Waals surface area (Å²) >= 11 is 0. The number of hydrogen-bond donors (Lipinski definition) is 0. The molecule has 0 atom stereocenters. The van der Waals surface area contributed by atoms with Crippen LogP contribution in [0.1, 0.15) is 11.3 Å². The maximum absolute atomic E-state index is 5.26. The molecule has 0 saturated carbocycles. The van der Waals surface area contributed by atoms with Gasteiger partial charge in [-0.05, 0) is 40.6 Å². The number of benzene rings is 2. The average Bonchev–Trinajstić information content (AvgIpc) is 3.20. The van der Waals surface area contributed by atoms with Crippen LogP contribution >= 0.6 is 0 Å². The Kier molecular flexibility index (Phi) is 5.12. The minimum atomic E-state index is 0.844. The van der Waals surface area contributed by atoms with Gasteiger partial charge >= 0.3 is 0 Å². The summed E-state index contributed by atoms with van der Waals surface area (Å²) in [6.07, 6.45) is 7.34. The number of nitrogens with zero attached hydrogens (tertiary/aromatic N) is 3. The summed E-state index contributed by atoms with van der Waals surface area (Å²) < 4.78 is 5.26. The van der Waals surface area contributed by atoms with Gasteiger partial charge in [0, 0.05) is 38.9 Å². The Morgan fingerprint density at radius 2 is 1.77 bits per heavy atom. The monoisotopic (exact) mass is 345 g/mol. The van der Waals surface area contributed by atoms with E-state index in [1.54, 1.807) is 6.26 Å². The van der Waals surface area contributed by atoms with Crippen molar-refractivity contribution in [2.24, 2.45) is 5.10 Å². The zero-order valence-corrected chi connectivity index (χ0v) is 14.8. The second-order valence-electron chi connectivity index (χ2n) is 6.51. The van der Waals surface area contributed by atoms with Crippen LogP contribution in [0.3, 0.4) is 0 Å². The van der Waals surface area contributed by atoms with Gasteiger partial charge < -0.3 is 4.42 Å². The second-order valence-corrected chi connectivity index (χ2v) is 6.51. The van der Waals surface area contributed by atoms with E-state index < -0.39 is 0 Å². The highest BCUT2D eigenvalue weighted by atomic mass is 16.3. The molecule has 2 heterocycles. The lowest BCUT2D eigenvalue weighted by molar-refractivity contribution is 0.131. The summed E-state index contributed by atoms with van der Waals surface area (Å²) in [5.41, 5.74) is 1.40. The summed E-state index contributed by atoms with van der Waals surface area (Å²) in [5.74, 6) is 0.844. The van der Waals surface area contributed by atoms with Gasteiger partial charge in [0.15, 0.2) is 0 Å². The molecule has 0 unspecified atom stereocenters. The van der Waals surface area contributed by atoms with E-state index in [0.717, 1.165) is 38.5 Å². The first-order chi connectivity index (χ1) is 12.9. The lowest BCUT2D eigenvalue weighted by Crippen LogP contribution is -2.43. The van der Waals surface area contributed by atoms with Crippen LogP contribution in [0.25, 0.3) is 16.8 Å². The van der Waals surface area contributed by atoms with Gasteiger partial charge in [0.1, 0.15) is 5.76 Å². The third-order valence-electron chi connectivity index (χ3n) is 4.74. The van der Waals surface area contributed by atoms with Crippen LogP contribution in [0, 0.1) is 0 Å². The number of furan rings is 1. The Balaban J connectivity index is 1.31. The van der Waals surface area contributed by atoms with E-state index in [9.17, 15) is 0 Å². The van der Waals surface area contributed by atoms with Crippen molar-refractivity contribution in [3.05, 3.63) is 78.3 Å². The fourth-order valence-corrected chi connectivity index (χ4v) is 3.34. The van der Waals surface area contributed by atoms with Crippen LogP contribution in [0.4, 0.5) is 0 Å². The molecular formula is C22H23N3O. The summed E-state index contributed by atoms with van der Waals surface area (Å²) in [6.45, 7) is 4.97. The zero-order chi connectivity index (χ0) is 17.6. The van der Waals surface area contributed by atoms with Crippen molar-refractivity contribution in [1.29, 1.82) is 0 Å². The third kappa shape index (κ3) is 4.03. The maximum Gasteiger partial charge on any atom is 0.126 e. The molecule has 4 nitrogen and oxygen atoms in total. The van der Waals surface area contributed by atoms with Crippen molar-refractivity contribution in [1.82, 2.24) is 9.91 Å². The van der Waals surface area contributed by atoms with Crippen molar-refractivity contribution >= 4 is 23.1 Å². The first-order valence-electron chi connectivity index (χ1n) is 9.06. The first kappa shape index (κ1) is 16.6. The normalized spacial score (nSPS) is 16.2. The highest BCUT2D eigenvalue weighted by Crippen LogP contribution is 2.20. The number of hydrogen-bond acceptors (Lipinski definition) is 4. The van der Waals surface area contributed by atoms with E-state index in [-0.39, 0.29) is 0 Å². The molecule has 0 amide bonds. The largest absolute Gasteiger partial charge is 0.465 e. The molecule has 132 valence electrons. The SMILES string of the molecule is C(=C/c1ccco1)/C=N\N1CCN(Cc2cccc3ccccc23)CC1. The van der Waals surface area contributed by atoms with Gasteiger partial charge in [0.05, 0.1) is 6.26 Å². The Hall–Kier alpha value is -2.85. The summed E-state index contributed by atoms with van der Waals surface area (Å²) in [5, 5.41) is 9.33. The first-order valence-corrected chi connectivity index (χ1v) is 9.06. The van der Waals surface area contributed by atoms with Crippen molar-refractivity contribution in [3.63, 3.8) is 0 Å². The number of hydrazone groups is 1. The summed E-state index contributed by atoms with van der Waals surface area (Å²) in [7, 11) is 0. The highest BCUT2D eigenvalue weighted by molar-refractivity contribution is 5.85. The highest BCUT2D eigenvalue weighted by Gasteiger charge is 2.16. The molecule has 1 aromatic heterocycles. The molecular weight excluding hydrogens is 322 g/mol. The molecule has 1 aliphatic rings. The fourth-order valence-electron chi connectivity index (χ4n) is 3.34. The Bertz CT molecular complexity index is 885. The number of fused-ring (bicyclic) bond motifs is 1. The Morgan fingerprint density at radius 1 is 0.923 bits per heavy atom. The molecule has 0 spiro atoms. The van der Waals surface area contributed by atoms with Crippen LogP contribution in [-0.4, -0.2) is 42.3 Å². The summed E-state index contributed by atoms with van der Waals surface area (Å²) in [4.78, 5) is 2.51. The van der Waals surface area contributed by atoms with Crippen LogP contribution in [-0.2, 0) is 6.54 Å². The molecule has 0 bridgehead atoms. The van der Waals surface area contributed by atoms with Crippen LogP contribution < -0.4 is 0 Å². The van der Waals surface area contributed by atoms with E-state index in [0.29, 0.717) is 0 Å². The number of rotatable bonds is 5. The maximum atomic E-state index is 5.26. The van der Waals surface area contributed by atoms with Crippen LogP contribution in [0.15, 0.2) is 76.5 Å². The van der Waals surface area contributed by atoms with Gasteiger partial charge in [-0.3, -0.25) is 9.91 Å². The van der Waals surface area contributed by atoms with Crippen molar-refractivity contribution in [2.75, 3.05) is 26.2 Å². The fraction of sp³-hybridized carbons (Fsp3) is 0.227. The van der Waals surface area contributed by atoms with Gasteiger partial charge in [0.25, 0.3) is 0 Å². The molecule has 0 N–H and O–H groups in total. The Labute approximate surface area is 154 Å². The number of allylic oxidation sites excluding steroid dienone is 1. The van der Waals surface area contributed by atoms with E-state index in [2.05, 4.69) is 57.5 Å². The van der Waals surface area contributed by atoms with Gasteiger partial charge in [-0.25, -0.2) is 0 Å². The molecule has 2 aromatic carbocycles. The smallest absolute Gasteiger partial charge is 0.126 e. The summed E-state index contributed by atoms with van der Waals surface area (Å²) in [6, 6.07) is 19.0. The van der Waals surface area contributed by atoms with Gasteiger partial charge in [-0.2, -0.15) is 5.10 Å². The molecule has 1 saturated heterocycles. The molecule has 1 aliphatic heterocycles. The zero-order valence-electron chi connectivity index (χ0n) is 14.8. The van der Waals surface area contributed by atoms with E-state index in [1.165, 1.54) is 16.3 Å². The lowest BCUT2D eigenvalue weighted by atomic mass is 10.0. The molecule has 0 radical (unpaired) electrons. The second kappa shape index (κ2) is 8.02. The molecule has 3 aromatic rings. The van der Waals surface area contributed by atoms with E-state index in [4.69, 9.17) is 4.42 Å². The van der Waals surface area contributed by atoms with E-state index in [1.807, 2.05) is 30.5 Å². The van der Waals surface area contributed by atoms with Gasteiger partial charge in [0.2, 0.25) is 0 Å². The van der Waals surface area contributed by atoms with Gasteiger partial charge in [-0.1, -0.05) is 42.5 Å². The topological polar surface area (TPSA) is 32.0 Å². The predicted octanol–water partition coefficient (Wildman–Crippen LogP) is 4.25. The average molecular weight is 345 g/mol. The van der Waals surface area contributed by atoms with Crippen molar-refractivity contribution < 1.29 is 4.42 Å².